The maximum atomic E-state index is 14.3. The Kier molecular flexibility index (Phi) is 9.88. The quantitative estimate of drug-likeness (QED) is 0.307. The van der Waals surface area contributed by atoms with Crippen LogP contribution in [0.1, 0.15) is 48.2 Å². The van der Waals surface area contributed by atoms with Gasteiger partial charge in [0.15, 0.2) is 11.7 Å². The molecule has 176 valence electrons. The summed E-state index contributed by atoms with van der Waals surface area (Å²) >= 11 is 0. The number of rotatable bonds is 7. The molecule has 3 rings (SSSR count). The first kappa shape index (κ1) is 26.0. The van der Waals surface area contributed by atoms with Crippen LogP contribution in [0.4, 0.5) is 8.78 Å². The van der Waals surface area contributed by atoms with E-state index < -0.39 is 17.5 Å². The van der Waals surface area contributed by atoms with Gasteiger partial charge in [0.25, 0.3) is 5.91 Å². The van der Waals surface area contributed by atoms with Gasteiger partial charge in [0.1, 0.15) is 23.9 Å². The summed E-state index contributed by atoms with van der Waals surface area (Å²) in [7, 11) is 0. The zero-order chi connectivity index (χ0) is 22.4. The fourth-order valence-corrected chi connectivity index (χ4v) is 3.87. The van der Waals surface area contributed by atoms with E-state index in [2.05, 4.69) is 20.1 Å². The molecule has 0 radical (unpaired) electrons. The van der Waals surface area contributed by atoms with Crippen LogP contribution in [0.25, 0.3) is 0 Å². The van der Waals surface area contributed by atoms with E-state index in [9.17, 15) is 13.6 Å². The standard InChI is InChI=1S/C22H29F2N5O2.HI/c1-3-19(17-7-5-15(23)13-18(17)24)28-9-11-29(12-10-28)22(26-4-2)27-14-16-6-8-20(31-16)21(25)30;/h5-8,13,19H,3-4,9-12,14H2,1-2H3,(H2,25,30)(H,26,27);1H. The first-order chi connectivity index (χ1) is 14.9. The van der Waals surface area contributed by atoms with Crippen molar-refractivity contribution < 1.29 is 18.0 Å². The van der Waals surface area contributed by atoms with Gasteiger partial charge in [-0.2, -0.15) is 0 Å². The predicted octanol–water partition coefficient (Wildman–Crippen LogP) is 3.51. The normalized spacial score (nSPS) is 15.9. The van der Waals surface area contributed by atoms with E-state index >= 15 is 0 Å². The van der Waals surface area contributed by atoms with Crippen LogP contribution in [0.3, 0.4) is 0 Å². The number of hydrogen-bond donors (Lipinski definition) is 2. The van der Waals surface area contributed by atoms with Gasteiger partial charge in [-0.15, -0.1) is 24.0 Å². The molecule has 0 aliphatic carbocycles. The minimum absolute atomic E-state index is 0. The Morgan fingerprint density at radius 3 is 2.47 bits per heavy atom. The topological polar surface area (TPSA) is 87.1 Å². The first-order valence-electron chi connectivity index (χ1n) is 10.5. The molecule has 1 unspecified atom stereocenters. The van der Waals surface area contributed by atoms with Crippen molar-refractivity contribution in [2.75, 3.05) is 32.7 Å². The summed E-state index contributed by atoms with van der Waals surface area (Å²) in [6.07, 6.45) is 0.734. The highest BCUT2D eigenvalue weighted by Crippen LogP contribution is 2.28. The third-order valence-corrected chi connectivity index (χ3v) is 5.39. The first-order valence-corrected chi connectivity index (χ1v) is 10.5. The lowest BCUT2D eigenvalue weighted by Crippen LogP contribution is -2.53. The van der Waals surface area contributed by atoms with Crippen molar-refractivity contribution in [2.24, 2.45) is 10.7 Å². The van der Waals surface area contributed by atoms with Crippen LogP contribution < -0.4 is 11.1 Å². The third kappa shape index (κ3) is 6.41. The van der Waals surface area contributed by atoms with Crippen LogP contribution in [-0.4, -0.2) is 54.4 Å². The van der Waals surface area contributed by atoms with Gasteiger partial charge in [0.2, 0.25) is 0 Å². The van der Waals surface area contributed by atoms with Gasteiger partial charge in [-0.05, 0) is 31.5 Å². The molecule has 2 aromatic rings. The van der Waals surface area contributed by atoms with Gasteiger partial charge in [-0.1, -0.05) is 13.0 Å². The number of furan rings is 1. The lowest BCUT2D eigenvalue weighted by Gasteiger charge is -2.40. The van der Waals surface area contributed by atoms with E-state index in [-0.39, 0.29) is 42.3 Å². The summed E-state index contributed by atoms with van der Waals surface area (Å²) in [5.74, 6) is -0.255. The van der Waals surface area contributed by atoms with E-state index in [0.29, 0.717) is 17.9 Å². The highest BCUT2D eigenvalue weighted by atomic mass is 127. The second-order valence-corrected chi connectivity index (χ2v) is 7.41. The van der Waals surface area contributed by atoms with Crippen LogP contribution in [0.2, 0.25) is 0 Å². The zero-order valence-corrected chi connectivity index (χ0v) is 20.6. The SMILES string of the molecule is CCNC(=NCc1ccc(C(N)=O)o1)N1CCN(C(CC)c2ccc(F)cc2F)CC1.I. The predicted molar refractivity (Wildman–Crippen MR) is 130 cm³/mol. The Labute approximate surface area is 204 Å². The molecule has 1 aromatic carbocycles. The van der Waals surface area contributed by atoms with Gasteiger partial charge in [0, 0.05) is 50.4 Å². The Morgan fingerprint density at radius 1 is 1.19 bits per heavy atom. The summed E-state index contributed by atoms with van der Waals surface area (Å²) in [5.41, 5.74) is 5.75. The molecule has 1 fully saturated rings. The Bertz CT molecular complexity index is 929. The third-order valence-electron chi connectivity index (χ3n) is 5.39. The van der Waals surface area contributed by atoms with Crippen molar-refractivity contribution in [2.45, 2.75) is 32.9 Å². The molecule has 1 atom stereocenters. The lowest BCUT2D eigenvalue weighted by molar-refractivity contribution is 0.0972. The average Bonchev–Trinajstić information content (AvgIpc) is 3.23. The number of hydrogen-bond acceptors (Lipinski definition) is 4. The van der Waals surface area contributed by atoms with Gasteiger partial charge in [-0.25, -0.2) is 13.8 Å². The van der Waals surface area contributed by atoms with E-state index in [1.807, 2.05) is 13.8 Å². The van der Waals surface area contributed by atoms with Gasteiger partial charge in [-0.3, -0.25) is 9.69 Å². The highest BCUT2D eigenvalue weighted by molar-refractivity contribution is 14.0. The van der Waals surface area contributed by atoms with Crippen LogP contribution in [0.5, 0.6) is 0 Å². The molecule has 1 aliphatic rings. The van der Waals surface area contributed by atoms with Crippen molar-refractivity contribution in [3.63, 3.8) is 0 Å². The number of primary amides is 1. The molecule has 0 bridgehead atoms. The molecular formula is C22H30F2IN5O2. The minimum atomic E-state index is -0.610. The van der Waals surface area contributed by atoms with Crippen LogP contribution >= 0.6 is 24.0 Å². The summed E-state index contributed by atoms with van der Waals surface area (Å²) in [6, 6.07) is 6.93. The molecule has 1 amide bonds. The number of nitrogens with two attached hydrogens (primary N) is 1. The number of nitrogens with one attached hydrogen (secondary N) is 1. The molecule has 32 heavy (non-hydrogen) atoms. The van der Waals surface area contributed by atoms with Gasteiger partial charge >= 0.3 is 0 Å². The smallest absolute Gasteiger partial charge is 0.284 e. The monoisotopic (exact) mass is 561 g/mol. The molecule has 1 saturated heterocycles. The van der Waals surface area contributed by atoms with E-state index in [4.69, 9.17) is 10.2 Å². The molecular weight excluding hydrogens is 531 g/mol. The van der Waals surface area contributed by atoms with E-state index in [1.165, 1.54) is 6.07 Å². The second kappa shape index (κ2) is 12.1. The molecule has 2 heterocycles. The van der Waals surface area contributed by atoms with E-state index in [1.54, 1.807) is 18.2 Å². The van der Waals surface area contributed by atoms with Crippen molar-refractivity contribution in [1.82, 2.24) is 15.1 Å². The number of piperazine rings is 1. The highest BCUT2D eigenvalue weighted by Gasteiger charge is 2.27. The Balaban J connectivity index is 0.00000363. The summed E-state index contributed by atoms with van der Waals surface area (Å²) in [4.78, 5) is 20.2. The number of amides is 1. The minimum Gasteiger partial charge on any atom is -0.454 e. The molecule has 1 aromatic heterocycles. The maximum absolute atomic E-state index is 14.3. The molecule has 7 nitrogen and oxygen atoms in total. The summed E-state index contributed by atoms with van der Waals surface area (Å²) in [5, 5.41) is 3.28. The van der Waals surface area contributed by atoms with Crippen molar-refractivity contribution in [3.05, 3.63) is 59.1 Å². The van der Waals surface area contributed by atoms with Gasteiger partial charge < -0.3 is 20.4 Å². The Hall–Kier alpha value is -2.21. The molecule has 3 N–H and O–H groups in total. The molecule has 0 spiro atoms. The molecule has 1 aliphatic heterocycles. The van der Waals surface area contributed by atoms with Crippen molar-refractivity contribution in [3.8, 4) is 0 Å². The number of halogens is 3. The molecule has 0 saturated carbocycles. The average molecular weight is 561 g/mol. The van der Waals surface area contributed by atoms with E-state index in [0.717, 1.165) is 44.6 Å². The number of guanidine groups is 1. The summed E-state index contributed by atoms with van der Waals surface area (Å²) in [6.45, 7) is 7.89. The number of carbonyl (C=O) groups excluding carboxylic acids is 1. The zero-order valence-electron chi connectivity index (χ0n) is 18.3. The lowest BCUT2D eigenvalue weighted by atomic mass is 10.0. The van der Waals surface area contributed by atoms with Gasteiger partial charge in [0.05, 0.1) is 0 Å². The van der Waals surface area contributed by atoms with Crippen LogP contribution in [0.15, 0.2) is 39.7 Å². The second-order valence-electron chi connectivity index (χ2n) is 7.41. The van der Waals surface area contributed by atoms with Crippen molar-refractivity contribution in [1.29, 1.82) is 0 Å². The van der Waals surface area contributed by atoms with Crippen molar-refractivity contribution >= 4 is 35.8 Å². The maximum Gasteiger partial charge on any atom is 0.284 e. The fourth-order valence-electron chi connectivity index (χ4n) is 3.87. The van der Waals surface area contributed by atoms with Crippen LogP contribution in [-0.2, 0) is 6.54 Å². The number of carbonyl (C=O) groups is 1. The molecule has 10 heteroatoms. The summed E-state index contributed by atoms with van der Waals surface area (Å²) < 4.78 is 33.0. The Morgan fingerprint density at radius 2 is 1.91 bits per heavy atom. The fraction of sp³-hybridized carbons (Fsp3) is 0.455. The number of aliphatic imine (C=N–C) groups is 1. The largest absolute Gasteiger partial charge is 0.454 e. The van der Waals surface area contributed by atoms with Crippen LogP contribution in [0, 0.1) is 11.6 Å². The number of nitrogens with zero attached hydrogens (tertiary/aromatic N) is 3. The number of benzene rings is 1.